The molecule has 118 valence electrons. The maximum Gasteiger partial charge on any atom is 0.350 e. The number of rotatable bonds is 4. The number of methoxy groups -OCH3 is 1. The van der Waals surface area contributed by atoms with Gasteiger partial charge in [0.2, 0.25) is 0 Å². The molecule has 0 aliphatic carbocycles. The van der Waals surface area contributed by atoms with Gasteiger partial charge in [-0.2, -0.15) is 0 Å². The van der Waals surface area contributed by atoms with Gasteiger partial charge < -0.3 is 20.5 Å². The standard InChI is InChI=1S/C14H22N2O3S2/c1-8(17)9-4-6-16(7-5-9)13-11(20-3)10(15)12(21-13)14(18)19-2/h8-9,17H,4-7,15H2,1-3H3. The number of piperidine rings is 1. The lowest BCUT2D eigenvalue weighted by molar-refractivity contribution is 0.0607. The highest BCUT2D eigenvalue weighted by atomic mass is 32.2. The number of anilines is 2. The zero-order valence-corrected chi connectivity index (χ0v) is 14.2. The fourth-order valence-corrected chi connectivity index (χ4v) is 4.80. The molecular weight excluding hydrogens is 308 g/mol. The van der Waals surface area contributed by atoms with E-state index in [2.05, 4.69) is 4.90 Å². The highest BCUT2D eigenvalue weighted by molar-refractivity contribution is 7.99. The molecule has 1 atom stereocenters. The van der Waals surface area contributed by atoms with Gasteiger partial charge in [0.05, 0.1) is 23.8 Å². The van der Waals surface area contributed by atoms with E-state index in [0.717, 1.165) is 35.8 Å². The van der Waals surface area contributed by atoms with Crippen LogP contribution in [0.15, 0.2) is 4.90 Å². The van der Waals surface area contributed by atoms with Crippen LogP contribution in [0.4, 0.5) is 10.7 Å². The van der Waals surface area contributed by atoms with Crippen LogP contribution >= 0.6 is 23.1 Å². The van der Waals surface area contributed by atoms with Crippen molar-refractivity contribution in [3.05, 3.63) is 4.88 Å². The van der Waals surface area contributed by atoms with Gasteiger partial charge in [0, 0.05) is 13.1 Å². The van der Waals surface area contributed by atoms with Crippen LogP contribution in [0.25, 0.3) is 0 Å². The van der Waals surface area contributed by atoms with Crippen LogP contribution in [-0.2, 0) is 4.74 Å². The van der Waals surface area contributed by atoms with Gasteiger partial charge in [0.25, 0.3) is 0 Å². The Kier molecular flexibility index (Phi) is 5.40. The van der Waals surface area contributed by atoms with Crippen LogP contribution in [0.3, 0.4) is 0 Å². The average molecular weight is 330 g/mol. The third-order valence-electron chi connectivity index (χ3n) is 3.97. The number of esters is 1. The summed E-state index contributed by atoms with van der Waals surface area (Å²) < 4.78 is 4.80. The number of aliphatic hydroxyl groups excluding tert-OH is 1. The fourth-order valence-electron chi connectivity index (χ4n) is 2.65. The lowest BCUT2D eigenvalue weighted by atomic mass is 9.92. The molecule has 0 spiro atoms. The number of thioether (sulfide) groups is 1. The zero-order chi connectivity index (χ0) is 15.6. The number of nitrogen functional groups attached to an aromatic ring is 1. The number of carbonyl (C=O) groups is 1. The first-order chi connectivity index (χ1) is 9.99. The van der Waals surface area contributed by atoms with Crippen molar-refractivity contribution in [3.8, 4) is 0 Å². The maximum atomic E-state index is 11.8. The first-order valence-corrected chi connectivity index (χ1v) is 9.01. The molecule has 0 radical (unpaired) electrons. The van der Waals surface area contributed by atoms with Crippen molar-refractivity contribution in [1.82, 2.24) is 0 Å². The molecule has 0 amide bonds. The molecule has 0 bridgehead atoms. The minimum Gasteiger partial charge on any atom is -0.465 e. The average Bonchev–Trinajstić information content (AvgIpc) is 2.83. The van der Waals surface area contributed by atoms with Crippen LogP contribution in [-0.4, -0.2) is 43.6 Å². The normalized spacial score (nSPS) is 17.8. The SMILES string of the molecule is COC(=O)c1sc(N2CCC(C(C)O)CC2)c(SC)c1N. The lowest BCUT2D eigenvalue weighted by Crippen LogP contribution is -2.36. The predicted molar refractivity (Wildman–Crippen MR) is 88.5 cm³/mol. The Bertz CT molecular complexity index is 509. The van der Waals surface area contributed by atoms with Crippen molar-refractivity contribution < 1.29 is 14.6 Å². The van der Waals surface area contributed by atoms with Crippen LogP contribution in [0, 0.1) is 5.92 Å². The molecule has 1 aromatic heterocycles. The molecule has 1 aliphatic heterocycles. The molecule has 3 N–H and O–H groups in total. The van der Waals surface area contributed by atoms with Crippen LogP contribution in [0.2, 0.25) is 0 Å². The fraction of sp³-hybridized carbons (Fsp3) is 0.643. The van der Waals surface area contributed by atoms with Gasteiger partial charge in [-0.25, -0.2) is 4.79 Å². The van der Waals surface area contributed by atoms with Crippen LogP contribution in [0.5, 0.6) is 0 Å². The topological polar surface area (TPSA) is 75.8 Å². The Balaban J connectivity index is 2.22. The molecule has 1 saturated heterocycles. The Morgan fingerprint density at radius 1 is 1.52 bits per heavy atom. The van der Waals surface area contributed by atoms with Gasteiger partial charge in [-0.3, -0.25) is 0 Å². The highest BCUT2D eigenvalue weighted by Crippen LogP contribution is 2.45. The van der Waals surface area contributed by atoms with E-state index in [-0.39, 0.29) is 12.1 Å². The number of hydrogen-bond acceptors (Lipinski definition) is 7. The summed E-state index contributed by atoms with van der Waals surface area (Å²) in [5.41, 5.74) is 6.62. The second kappa shape index (κ2) is 6.89. The number of thiophene rings is 1. The van der Waals surface area contributed by atoms with Gasteiger partial charge >= 0.3 is 5.97 Å². The second-order valence-electron chi connectivity index (χ2n) is 5.24. The van der Waals surface area contributed by atoms with Crippen molar-refractivity contribution in [1.29, 1.82) is 0 Å². The van der Waals surface area contributed by atoms with E-state index in [9.17, 15) is 9.90 Å². The van der Waals surface area contributed by atoms with Gasteiger partial charge in [0.15, 0.2) is 0 Å². The minimum atomic E-state index is -0.377. The van der Waals surface area contributed by atoms with E-state index >= 15 is 0 Å². The van der Waals surface area contributed by atoms with Crippen molar-refractivity contribution >= 4 is 39.8 Å². The number of aliphatic hydroxyl groups is 1. The molecular formula is C14H22N2O3S2. The first-order valence-electron chi connectivity index (χ1n) is 6.97. The van der Waals surface area contributed by atoms with Gasteiger partial charge in [0.1, 0.15) is 9.88 Å². The van der Waals surface area contributed by atoms with E-state index in [1.54, 1.807) is 11.8 Å². The highest BCUT2D eigenvalue weighted by Gasteiger charge is 2.28. The molecule has 21 heavy (non-hydrogen) atoms. The van der Waals surface area contributed by atoms with Crippen molar-refractivity contribution in [2.45, 2.75) is 30.8 Å². The Morgan fingerprint density at radius 3 is 2.62 bits per heavy atom. The molecule has 1 unspecified atom stereocenters. The number of nitrogens with zero attached hydrogens (tertiary/aromatic N) is 1. The Hall–Kier alpha value is -0.920. The van der Waals surface area contributed by atoms with Crippen molar-refractivity contribution in [2.75, 3.05) is 37.1 Å². The van der Waals surface area contributed by atoms with E-state index in [0.29, 0.717) is 16.5 Å². The monoisotopic (exact) mass is 330 g/mol. The van der Waals surface area contributed by atoms with Crippen LogP contribution in [0.1, 0.15) is 29.4 Å². The molecule has 1 aromatic rings. The molecule has 1 aliphatic rings. The summed E-state index contributed by atoms with van der Waals surface area (Å²) in [5.74, 6) is -0.0192. The molecule has 2 rings (SSSR count). The quantitative estimate of drug-likeness (QED) is 0.652. The minimum absolute atomic E-state index is 0.258. The maximum absolute atomic E-state index is 11.8. The summed E-state index contributed by atoms with van der Waals surface area (Å²) in [6.07, 6.45) is 3.62. The van der Waals surface area contributed by atoms with E-state index in [4.69, 9.17) is 10.5 Å². The summed E-state index contributed by atoms with van der Waals surface area (Å²) in [5, 5.41) is 10.7. The van der Waals surface area contributed by atoms with E-state index in [1.807, 2.05) is 13.2 Å². The molecule has 1 fully saturated rings. The summed E-state index contributed by atoms with van der Waals surface area (Å²) in [6, 6.07) is 0. The van der Waals surface area contributed by atoms with E-state index < -0.39 is 0 Å². The number of nitrogens with two attached hydrogens (primary N) is 1. The van der Waals surface area contributed by atoms with Gasteiger partial charge in [-0.1, -0.05) is 0 Å². The third-order valence-corrected chi connectivity index (χ3v) is 6.16. The van der Waals surface area contributed by atoms with E-state index in [1.165, 1.54) is 18.4 Å². The number of ether oxygens (including phenoxy) is 1. The first kappa shape index (κ1) is 16.5. The summed E-state index contributed by atoms with van der Waals surface area (Å²) in [7, 11) is 1.37. The molecule has 2 heterocycles. The second-order valence-corrected chi connectivity index (χ2v) is 7.06. The largest absolute Gasteiger partial charge is 0.465 e. The van der Waals surface area contributed by atoms with Crippen molar-refractivity contribution in [2.24, 2.45) is 5.92 Å². The van der Waals surface area contributed by atoms with Gasteiger partial charge in [-0.15, -0.1) is 23.1 Å². The Morgan fingerprint density at radius 2 is 2.14 bits per heavy atom. The van der Waals surface area contributed by atoms with Gasteiger partial charge in [-0.05, 0) is 31.9 Å². The smallest absolute Gasteiger partial charge is 0.350 e. The molecule has 0 aromatic carbocycles. The zero-order valence-electron chi connectivity index (χ0n) is 12.6. The number of carbonyl (C=O) groups excluding carboxylic acids is 1. The predicted octanol–water partition coefficient (Wildman–Crippen LogP) is 2.44. The van der Waals surface area contributed by atoms with Crippen molar-refractivity contribution in [3.63, 3.8) is 0 Å². The number of hydrogen-bond donors (Lipinski definition) is 2. The molecule has 0 saturated carbocycles. The Labute approximate surface area is 133 Å². The summed E-state index contributed by atoms with van der Waals surface area (Å²) in [6.45, 7) is 3.61. The molecule has 7 heteroatoms. The summed E-state index contributed by atoms with van der Waals surface area (Å²) in [4.78, 5) is 15.5. The third kappa shape index (κ3) is 3.30. The van der Waals surface area contributed by atoms with Crippen LogP contribution < -0.4 is 10.6 Å². The summed E-state index contributed by atoms with van der Waals surface area (Å²) >= 11 is 2.96. The lowest BCUT2D eigenvalue weighted by Gasteiger charge is -2.34. The molecule has 5 nitrogen and oxygen atoms in total.